The van der Waals surface area contributed by atoms with Crippen LogP contribution >= 0.6 is 11.8 Å². The molecule has 4 rings (SSSR count). The van der Waals surface area contributed by atoms with Crippen LogP contribution in [-0.2, 0) is 23.8 Å². The largest absolute Gasteiger partial charge is 0.445 e. The summed E-state index contributed by atoms with van der Waals surface area (Å²) >= 11 is 1.69. The third-order valence-corrected chi connectivity index (χ3v) is 9.53. The molecule has 0 bridgehead atoms. The minimum atomic E-state index is -0.882. The van der Waals surface area contributed by atoms with E-state index in [0.29, 0.717) is 6.42 Å². The highest BCUT2D eigenvalue weighted by Gasteiger charge is 2.46. The van der Waals surface area contributed by atoms with Gasteiger partial charge in [0.15, 0.2) is 0 Å². The number of likely N-dealkylation sites (tertiary alicyclic amines) is 1. The molecule has 0 saturated carbocycles. The third kappa shape index (κ3) is 10.6. The van der Waals surface area contributed by atoms with Crippen molar-refractivity contribution in [1.82, 2.24) is 20.9 Å². The molecule has 0 aliphatic carbocycles. The Morgan fingerprint density at radius 1 is 0.750 bits per heavy atom. The second-order valence-corrected chi connectivity index (χ2v) is 12.8. The highest BCUT2D eigenvalue weighted by molar-refractivity contribution is 8.01. The molecule has 3 N–H and O–H groups in total. The highest BCUT2D eigenvalue weighted by Crippen LogP contribution is 2.52. The van der Waals surface area contributed by atoms with E-state index in [4.69, 9.17) is 14.2 Å². The van der Waals surface area contributed by atoms with Gasteiger partial charge in [-0.25, -0.2) is 14.4 Å². The first kappa shape index (κ1) is 39.0. The number of guanidine groups is 1. The molecule has 1 fully saturated rings. The molecule has 2 atom stereocenters. The maximum Gasteiger partial charge on any atom is 0.414 e. The topological polar surface area (TPSA) is 148 Å². The number of nitrogens with zero attached hydrogens (tertiary/aromatic N) is 2. The third-order valence-electron chi connectivity index (χ3n) is 7.80. The van der Waals surface area contributed by atoms with Crippen LogP contribution in [0.3, 0.4) is 0 Å². The lowest BCUT2D eigenvalue weighted by molar-refractivity contribution is -0.125. The summed E-state index contributed by atoms with van der Waals surface area (Å²) in [5.41, 5.74) is 3.18. The van der Waals surface area contributed by atoms with Gasteiger partial charge in [-0.05, 0) is 23.1 Å². The Bertz CT molecular complexity index is 1580. The fourth-order valence-corrected chi connectivity index (χ4v) is 7.46. The van der Waals surface area contributed by atoms with E-state index in [9.17, 15) is 19.2 Å². The van der Waals surface area contributed by atoms with Crippen LogP contribution in [0.25, 0.3) is 0 Å². The zero-order valence-electron chi connectivity index (χ0n) is 28.8. The van der Waals surface area contributed by atoms with Gasteiger partial charge in [-0.2, -0.15) is 0 Å². The zero-order chi connectivity index (χ0) is 37.2. The van der Waals surface area contributed by atoms with E-state index >= 15 is 0 Å². The second kappa shape index (κ2) is 20.1. The van der Waals surface area contributed by atoms with E-state index in [1.54, 1.807) is 11.8 Å². The van der Waals surface area contributed by atoms with Gasteiger partial charge in [0.1, 0.15) is 25.9 Å². The van der Waals surface area contributed by atoms with Gasteiger partial charge in [0, 0.05) is 18.3 Å². The SMILES string of the molecule is C=CCOC(=O)NC(=NCCNC(=O)[C@@H]1C[C@H](SC(c2ccccc2)(c2ccccc2)c2ccccc2)CN1C(=O)OCC=C)NC(=O)OCC=C. The van der Waals surface area contributed by atoms with E-state index in [1.807, 2.05) is 54.6 Å². The van der Waals surface area contributed by atoms with Crippen molar-refractivity contribution >= 4 is 41.9 Å². The van der Waals surface area contributed by atoms with E-state index in [1.165, 1.54) is 23.1 Å². The van der Waals surface area contributed by atoms with Gasteiger partial charge >= 0.3 is 18.3 Å². The Balaban J connectivity index is 1.56. The Morgan fingerprint density at radius 3 is 1.67 bits per heavy atom. The van der Waals surface area contributed by atoms with Gasteiger partial charge in [-0.3, -0.25) is 25.3 Å². The van der Waals surface area contributed by atoms with Crippen molar-refractivity contribution in [1.29, 1.82) is 0 Å². The normalized spacial score (nSPS) is 15.0. The maximum atomic E-state index is 13.8. The number of hydrogen-bond acceptors (Lipinski definition) is 9. The number of benzene rings is 3. The number of aliphatic imine (C=N–C) groups is 1. The molecule has 1 aliphatic rings. The van der Waals surface area contributed by atoms with E-state index in [2.05, 4.69) is 77.1 Å². The van der Waals surface area contributed by atoms with Crippen LogP contribution in [-0.4, -0.2) is 85.8 Å². The van der Waals surface area contributed by atoms with Crippen LogP contribution in [0.1, 0.15) is 23.1 Å². The molecule has 52 heavy (non-hydrogen) atoms. The van der Waals surface area contributed by atoms with Crippen molar-refractivity contribution in [3.63, 3.8) is 0 Å². The van der Waals surface area contributed by atoms with Crippen molar-refractivity contribution in [2.24, 2.45) is 4.99 Å². The van der Waals surface area contributed by atoms with Crippen molar-refractivity contribution in [3.05, 3.63) is 146 Å². The lowest BCUT2D eigenvalue weighted by atomic mass is 9.84. The summed E-state index contributed by atoms with van der Waals surface area (Å²) in [4.78, 5) is 56.9. The molecule has 272 valence electrons. The molecule has 1 aliphatic heterocycles. The smallest absolute Gasteiger partial charge is 0.414 e. The standard InChI is InChI=1S/C39H43N5O7S/c1-4-24-49-36(46)42-35(43-37(47)50-25-5-2)41-23-22-40-34(45)33-27-32(28-44(33)38(48)51-26-6-3)52-39(29-16-10-7-11-17-29,30-18-12-8-13-19-30)31-20-14-9-15-21-31/h4-21,32-33H,1-3,22-28H2,(H,40,45)(H2,41,42,43,46,47)/t32-,33-/m0/s1. The number of thioether (sulfide) groups is 1. The summed E-state index contributed by atoms with van der Waals surface area (Å²) in [6, 6.07) is 29.7. The molecule has 12 nitrogen and oxygen atoms in total. The highest BCUT2D eigenvalue weighted by atomic mass is 32.2. The predicted molar refractivity (Wildman–Crippen MR) is 202 cm³/mol. The molecule has 1 saturated heterocycles. The summed E-state index contributed by atoms with van der Waals surface area (Å²) in [6.45, 7) is 10.7. The second-order valence-electron chi connectivity index (χ2n) is 11.3. The summed E-state index contributed by atoms with van der Waals surface area (Å²) in [5.74, 6) is -0.653. The lowest BCUT2D eigenvalue weighted by Crippen LogP contribution is -2.47. The Labute approximate surface area is 308 Å². The van der Waals surface area contributed by atoms with Crippen molar-refractivity contribution in [3.8, 4) is 0 Å². The number of hydrogen-bond donors (Lipinski definition) is 3. The lowest BCUT2D eigenvalue weighted by Gasteiger charge is -2.37. The number of alkyl carbamates (subject to hydrolysis) is 2. The first-order chi connectivity index (χ1) is 25.3. The van der Waals surface area contributed by atoms with Crippen LogP contribution in [0, 0.1) is 0 Å². The van der Waals surface area contributed by atoms with Crippen LogP contribution in [0.4, 0.5) is 14.4 Å². The fraction of sp³-hybridized carbons (Fsp3) is 0.256. The van der Waals surface area contributed by atoms with Gasteiger partial charge < -0.3 is 19.5 Å². The van der Waals surface area contributed by atoms with Gasteiger partial charge in [-0.1, -0.05) is 129 Å². The number of ether oxygens (including phenoxy) is 3. The van der Waals surface area contributed by atoms with Crippen molar-refractivity contribution < 1.29 is 33.4 Å². The number of carbonyl (C=O) groups excluding carboxylic acids is 4. The minimum Gasteiger partial charge on any atom is -0.445 e. The first-order valence-corrected chi connectivity index (χ1v) is 17.5. The average molecular weight is 726 g/mol. The molecule has 0 aromatic heterocycles. The van der Waals surface area contributed by atoms with Crippen LogP contribution in [0.15, 0.2) is 134 Å². The Hall–Kier alpha value is -5.82. The fourth-order valence-electron chi connectivity index (χ4n) is 5.63. The van der Waals surface area contributed by atoms with E-state index in [-0.39, 0.29) is 50.7 Å². The Morgan fingerprint density at radius 2 is 1.21 bits per heavy atom. The molecular formula is C39H43N5O7S. The minimum absolute atomic E-state index is 0.00851. The molecule has 4 amide bonds. The summed E-state index contributed by atoms with van der Waals surface area (Å²) in [6.07, 6.45) is 2.18. The number of amides is 4. The molecule has 1 heterocycles. The van der Waals surface area contributed by atoms with Crippen molar-refractivity contribution in [2.45, 2.75) is 22.5 Å². The van der Waals surface area contributed by atoms with Gasteiger partial charge in [0.2, 0.25) is 11.9 Å². The number of rotatable bonds is 15. The molecule has 3 aromatic carbocycles. The van der Waals surface area contributed by atoms with Crippen LogP contribution < -0.4 is 16.0 Å². The average Bonchev–Trinajstić information content (AvgIpc) is 3.61. The quantitative estimate of drug-likeness (QED) is 0.0447. The molecule has 0 unspecified atom stereocenters. The van der Waals surface area contributed by atoms with Gasteiger partial charge in [-0.15, -0.1) is 11.8 Å². The molecule has 3 aromatic rings. The molecule has 0 spiro atoms. The molecule has 0 radical (unpaired) electrons. The van der Waals surface area contributed by atoms with Crippen LogP contribution in [0.5, 0.6) is 0 Å². The summed E-state index contributed by atoms with van der Waals surface area (Å²) in [5, 5.41) is 7.29. The van der Waals surface area contributed by atoms with Crippen molar-refractivity contribution in [2.75, 3.05) is 39.5 Å². The summed E-state index contributed by atoms with van der Waals surface area (Å²) < 4.78 is 14.6. The zero-order valence-corrected chi connectivity index (χ0v) is 29.6. The van der Waals surface area contributed by atoms with E-state index < -0.39 is 35.0 Å². The van der Waals surface area contributed by atoms with E-state index in [0.717, 1.165) is 16.7 Å². The number of nitrogens with one attached hydrogen (secondary N) is 3. The Kier molecular flexibility index (Phi) is 15.1. The first-order valence-electron chi connectivity index (χ1n) is 16.6. The molecular weight excluding hydrogens is 683 g/mol. The van der Waals surface area contributed by atoms with Gasteiger partial charge in [0.25, 0.3) is 0 Å². The summed E-state index contributed by atoms with van der Waals surface area (Å²) in [7, 11) is 0. The monoisotopic (exact) mass is 725 g/mol. The van der Waals surface area contributed by atoms with Crippen LogP contribution in [0.2, 0.25) is 0 Å². The maximum absolute atomic E-state index is 13.8. The molecule has 13 heteroatoms. The predicted octanol–water partition coefficient (Wildman–Crippen LogP) is 5.77. The van der Waals surface area contributed by atoms with Gasteiger partial charge in [0.05, 0.1) is 11.3 Å². The number of carbonyl (C=O) groups is 4.